The van der Waals surface area contributed by atoms with Crippen molar-refractivity contribution in [2.45, 2.75) is 25.7 Å². The molecule has 1 N–H and O–H groups in total. The van der Waals surface area contributed by atoms with Crippen molar-refractivity contribution in [3.8, 4) is 0 Å². The summed E-state index contributed by atoms with van der Waals surface area (Å²) in [5.41, 5.74) is 0. The minimum absolute atomic E-state index is 0.0289. The lowest BCUT2D eigenvalue weighted by atomic mass is 9.89. The van der Waals surface area contributed by atoms with Gasteiger partial charge in [-0.25, -0.2) is 0 Å². The van der Waals surface area contributed by atoms with E-state index in [1.807, 2.05) is 12.1 Å². The smallest absolute Gasteiger partial charge is 0.138 e. The molecule has 2 rings (SSSR count). The summed E-state index contributed by atoms with van der Waals surface area (Å²) in [6.07, 6.45) is 6.97. The van der Waals surface area contributed by atoms with Gasteiger partial charge in [-0.15, -0.1) is 0 Å². The van der Waals surface area contributed by atoms with Crippen molar-refractivity contribution in [2.24, 2.45) is 5.92 Å². The topological polar surface area (TPSA) is 50.4 Å². The molecule has 1 aromatic heterocycles. The molecular weight excluding hydrogens is 180 g/mol. The summed E-state index contributed by atoms with van der Waals surface area (Å²) in [6, 6.07) is 3.67. The zero-order valence-corrected chi connectivity index (χ0v) is 8.19. The minimum atomic E-state index is -0.0289. The van der Waals surface area contributed by atoms with Gasteiger partial charge in [0, 0.05) is 12.3 Å². The molecule has 1 aliphatic carbocycles. The summed E-state index contributed by atoms with van der Waals surface area (Å²) in [5, 5.41) is 8.64. The molecule has 1 atom stereocenters. The van der Waals surface area contributed by atoms with Gasteiger partial charge in [-0.2, -0.15) is 0 Å². The van der Waals surface area contributed by atoms with Crippen LogP contribution >= 0.6 is 0 Å². The quantitative estimate of drug-likeness (QED) is 0.747. The first-order valence-electron chi connectivity index (χ1n) is 4.95. The molecule has 0 amide bonds. The number of furan rings is 1. The second kappa shape index (κ2) is 6.38. The number of hydrogen-bond acceptors (Lipinski definition) is 3. The van der Waals surface area contributed by atoms with Crippen molar-refractivity contribution in [3.63, 3.8) is 0 Å². The highest BCUT2D eigenvalue weighted by molar-refractivity contribution is 5.81. The molecule has 14 heavy (non-hydrogen) atoms. The molecule has 0 bridgehead atoms. The van der Waals surface area contributed by atoms with Gasteiger partial charge in [0.05, 0.1) is 19.1 Å². The van der Waals surface area contributed by atoms with Crippen LogP contribution < -0.4 is 0 Å². The number of aliphatic hydroxyl groups is 1. The average molecular weight is 196 g/mol. The fraction of sp³-hybridized carbons (Fsp3) is 0.545. The average Bonchev–Trinajstić information content (AvgIpc) is 2.76. The van der Waals surface area contributed by atoms with E-state index in [4.69, 9.17) is 5.11 Å². The highest BCUT2D eigenvalue weighted by Crippen LogP contribution is 2.19. The maximum atomic E-state index is 10.9. The van der Waals surface area contributed by atoms with Gasteiger partial charge in [0.15, 0.2) is 0 Å². The first kappa shape index (κ1) is 11.0. The molecule has 1 saturated carbocycles. The third-order valence-electron chi connectivity index (χ3n) is 2.33. The minimum Gasteiger partial charge on any atom is -0.473 e. The molecule has 1 fully saturated rings. The predicted octanol–water partition coefficient (Wildman–Crippen LogP) is 2.02. The molecule has 0 aromatic carbocycles. The van der Waals surface area contributed by atoms with Crippen LogP contribution in [0.5, 0.6) is 0 Å². The first-order chi connectivity index (χ1) is 6.84. The van der Waals surface area contributed by atoms with Gasteiger partial charge in [0.25, 0.3) is 0 Å². The maximum Gasteiger partial charge on any atom is 0.138 e. The third kappa shape index (κ3) is 3.75. The largest absolute Gasteiger partial charge is 0.473 e. The summed E-state index contributed by atoms with van der Waals surface area (Å²) in [7, 11) is 0. The lowest BCUT2D eigenvalue weighted by Gasteiger charge is -2.17. The van der Waals surface area contributed by atoms with Crippen molar-refractivity contribution >= 4 is 5.78 Å². The Balaban J connectivity index is 0.000000165. The Labute approximate surface area is 83.7 Å². The zero-order chi connectivity index (χ0) is 10.2. The Bertz CT molecular complexity index is 224. The Hall–Kier alpha value is -1.09. The van der Waals surface area contributed by atoms with E-state index in [1.54, 1.807) is 12.5 Å². The number of Topliss-reactive ketones (excluding diaryl/α,β-unsaturated/α-hetero) is 1. The molecule has 0 radical (unpaired) electrons. The SMILES string of the molecule is O=C1CCCCC1CO.c1ccoc1. The highest BCUT2D eigenvalue weighted by Gasteiger charge is 2.20. The van der Waals surface area contributed by atoms with Crippen LogP contribution in [-0.4, -0.2) is 17.5 Å². The normalized spacial score (nSPS) is 21.2. The van der Waals surface area contributed by atoms with Gasteiger partial charge in [-0.3, -0.25) is 4.79 Å². The molecule has 1 aromatic rings. The fourth-order valence-electron chi connectivity index (χ4n) is 1.47. The van der Waals surface area contributed by atoms with Crippen LogP contribution in [0.3, 0.4) is 0 Å². The van der Waals surface area contributed by atoms with Gasteiger partial charge in [-0.05, 0) is 25.0 Å². The molecule has 78 valence electrons. The van der Waals surface area contributed by atoms with Gasteiger partial charge < -0.3 is 9.52 Å². The van der Waals surface area contributed by atoms with E-state index in [1.165, 1.54) is 0 Å². The molecule has 0 aliphatic heterocycles. The molecule has 0 saturated heterocycles. The van der Waals surface area contributed by atoms with Crippen LogP contribution in [0.15, 0.2) is 29.1 Å². The molecule has 1 aliphatic rings. The molecule has 1 heterocycles. The Morgan fingerprint density at radius 1 is 1.36 bits per heavy atom. The van der Waals surface area contributed by atoms with Crippen molar-refractivity contribution in [2.75, 3.05) is 6.61 Å². The van der Waals surface area contributed by atoms with E-state index >= 15 is 0 Å². The van der Waals surface area contributed by atoms with Gasteiger partial charge in [-0.1, -0.05) is 6.42 Å². The standard InChI is InChI=1S/C7H12O2.C4H4O/c8-5-6-3-1-2-4-7(6)9;1-2-4-5-3-1/h6,8H,1-5H2;1-4H. The summed E-state index contributed by atoms with van der Waals surface area (Å²) < 4.78 is 4.58. The van der Waals surface area contributed by atoms with Gasteiger partial charge in [0.2, 0.25) is 0 Å². The molecule has 3 nitrogen and oxygen atoms in total. The lowest BCUT2D eigenvalue weighted by molar-refractivity contribution is -0.125. The van der Waals surface area contributed by atoms with Crippen molar-refractivity contribution in [1.29, 1.82) is 0 Å². The number of rotatable bonds is 1. The molecule has 3 heteroatoms. The highest BCUT2D eigenvalue weighted by atomic mass is 16.3. The van der Waals surface area contributed by atoms with E-state index in [-0.39, 0.29) is 18.3 Å². The van der Waals surface area contributed by atoms with Crippen LogP contribution in [-0.2, 0) is 4.79 Å². The van der Waals surface area contributed by atoms with Crippen LogP contribution in [0.4, 0.5) is 0 Å². The van der Waals surface area contributed by atoms with Gasteiger partial charge >= 0.3 is 0 Å². The van der Waals surface area contributed by atoms with E-state index < -0.39 is 0 Å². The second-order valence-corrected chi connectivity index (χ2v) is 3.38. The van der Waals surface area contributed by atoms with Crippen molar-refractivity contribution in [3.05, 3.63) is 24.7 Å². The number of ketones is 1. The maximum absolute atomic E-state index is 10.9. The monoisotopic (exact) mass is 196 g/mol. The third-order valence-corrected chi connectivity index (χ3v) is 2.33. The fourth-order valence-corrected chi connectivity index (χ4v) is 1.47. The van der Waals surface area contributed by atoms with E-state index in [9.17, 15) is 4.79 Å². The van der Waals surface area contributed by atoms with E-state index in [2.05, 4.69) is 4.42 Å². The Morgan fingerprint density at radius 3 is 2.43 bits per heavy atom. The zero-order valence-electron chi connectivity index (χ0n) is 8.19. The molecule has 1 unspecified atom stereocenters. The van der Waals surface area contributed by atoms with Crippen LogP contribution in [0.25, 0.3) is 0 Å². The summed E-state index contributed by atoms with van der Waals surface area (Å²) in [5.74, 6) is 0.225. The summed E-state index contributed by atoms with van der Waals surface area (Å²) >= 11 is 0. The first-order valence-corrected chi connectivity index (χ1v) is 4.95. The van der Waals surface area contributed by atoms with Crippen LogP contribution in [0.2, 0.25) is 0 Å². The van der Waals surface area contributed by atoms with E-state index in [0.717, 1.165) is 19.3 Å². The van der Waals surface area contributed by atoms with Crippen molar-refractivity contribution in [1.82, 2.24) is 0 Å². The van der Waals surface area contributed by atoms with Crippen LogP contribution in [0, 0.1) is 5.92 Å². The molecule has 0 spiro atoms. The summed E-state index contributed by atoms with van der Waals surface area (Å²) in [4.78, 5) is 10.9. The number of hydrogen-bond donors (Lipinski definition) is 1. The van der Waals surface area contributed by atoms with E-state index in [0.29, 0.717) is 6.42 Å². The lowest BCUT2D eigenvalue weighted by Crippen LogP contribution is -2.21. The van der Waals surface area contributed by atoms with Crippen molar-refractivity contribution < 1.29 is 14.3 Å². The van der Waals surface area contributed by atoms with Gasteiger partial charge in [0.1, 0.15) is 5.78 Å². The number of carbonyl (C=O) groups excluding carboxylic acids is 1. The summed E-state index contributed by atoms with van der Waals surface area (Å²) in [6.45, 7) is 0.0544. The van der Waals surface area contributed by atoms with Crippen LogP contribution in [0.1, 0.15) is 25.7 Å². The number of aliphatic hydroxyl groups excluding tert-OH is 1. The second-order valence-electron chi connectivity index (χ2n) is 3.38. The number of carbonyl (C=O) groups is 1. The Morgan fingerprint density at radius 2 is 2.07 bits per heavy atom. The molecular formula is C11H16O3. The Kier molecular flexibility index (Phi) is 5.00. The predicted molar refractivity (Wildman–Crippen MR) is 52.8 cm³/mol.